The summed E-state index contributed by atoms with van der Waals surface area (Å²) in [6.45, 7) is 3.56. The molecule has 2 rings (SSSR count). The number of benzene rings is 1. The maximum absolute atomic E-state index is 5.75. The van der Waals surface area contributed by atoms with E-state index in [0.717, 1.165) is 36.7 Å². The van der Waals surface area contributed by atoms with Gasteiger partial charge in [-0.2, -0.15) is 0 Å². The smallest absolute Gasteiger partial charge is 0.136 e. The summed E-state index contributed by atoms with van der Waals surface area (Å²) in [5.41, 5.74) is 8.20. The van der Waals surface area contributed by atoms with E-state index >= 15 is 0 Å². The molecule has 4 heteroatoms. The van der Waals surface area contributed by atoms with Crippen LogP contribution in [-0.2, 0) is 12.8 Å². The molecule has 2 N–H and O–H groups in total. The Hall–Kier alpha value is -0.870. The van der Waals surface area contributed by atoms with Crippen molar-refractivity contribution in [3.8, 4) is 11.5 Å². The lowest BCUT2D eigenvalue weighted by Crippen LogP contribution is -2.07. The number of methoxy groups -OCH3 is 1. The van der Waals surface area contributed by atoms with Gasteiger partial charge >= 0.3 is 0 Å². The minimum Gasteiger partial charge on any atom is -0.496 e. The van der Waals surface area contributed by atoms with E-state index in [9.17, 15) is 0 Å². The first-order valence-corrected chi connectivity index (χ1v) is 6.98. The van der Waals surface area contributed by atoms with Gasteiger partial charge in [0.2, 0.25) is 0 Å². The summed E-state index contributed by atoms with van der Waals surface area (Å²) < 4.78 is 11.2. The number of hydrogen-bond acceptors (Lipinski definition) is 4. The van der Waals surface area contributed by atoms with Gasteiger partial charge in [0.05, 0.1) is 18.6 Å². The number of ether oxygens (including phenoxy) is 2. The summed E-state index contributed by atoms with van der Waals surface area (Å²) in [5.74, 6) is 3.05. The summed E-state index contributed by atoms with van der Waals surface area (Å²) in [7, 11) is 1.72. The normalized spacial score (nSPS) is 13.4. The van der Waals surface area contributed by atoms with Crippen LogP contribution in [-0.4, -0.2) is 26.0 Å². The van der Waals surface area contributed by atoms with E-state index in [0.29, 0.717) is 6.54 Å². The molecule has 0 amide bonds. The van der Waals surface area contributed by atoms with Crippen LogP contribution in [0.2, 0.25) is 0 Å². The van der Waals surface area contributed by atoms with Gasteiger partial charge in [0.15, 0.2) is 0 Å². The van der Waals surface area contributed by atoms with Gasteiger partial charge in [-0.05, 0) is 24.8 Å². The Bertz CT molecular complexity index is 407. The topological polar surface area (TPSA) is 44.5 Å². The Kier molecular flexibility index (Phi) is 4.18. The zero-order valence-corrected chi connectivity index (χ0v) is 11.2. The molecule has 94 valence electrons. The Morgan fingerprint density at radius 2 is 2.35 bits per heavy atom. The van der Waals surface area contributed by atoms with Crippen molar-refractivity contribution in [2.24, 2.45) is 5.73 Å². The first-order chi connectivity index (χ1) is 8.31. The van der Waals surface area contributed by atoms with Crippen LogP contribution in [0.1, 0.15) is 18.1 Å². The van der Waals surface area contributed by atoms with Crippen LogP contribution in [0.5, 0.6) is 11.5 Å². The molecule has 1 heterocycles. The van der Waals surface area contributed by atoms with Crippen molar-refractivity contribution in [3.63, 3.8) is 0 Å². The van der Waals surface area contributed by atoms with Gasteiger partial charge in [0.1, 0.15) is 11.5 Å². The molecule has 0 atom stereocenters. The van der Waals surface area contributed by atoms with Gasteiger partial charge in [0, 0.05) is 17.5 Å². The molecule has 17 heavy (non-hydrogen) atoms. The Labute approximate surface area is 107 Å². The predicted molar refractivity (Wildman–Crippen MR) is 71.3 cm³/mol. The van der Waals surface area contributed by atoms with Crippen molar-refractivity contribution in [2.45, 2.75) is 24.7 Å². The van der Waals surface area contributed by atoms with Crippen LogP contribution in [0.25, 0.3) is 0 Å². The van der Waals surface area contributed by atoms with E-state index in [-0.39, 0.29) is 0 Å². The summed E-state index contributed by atoms with van der Waals surface area (Å²) in [6, 6.07) is 2.09. The zero-order chi connectivity index (χ0) is 12.3. The lowest BCUT2D eigenvalue weighted by Gasteiger charge is -2.15. The number of thioether (sulfide) groups is 1. The van der Waals surface area contributed by atoms with E-state index in [4.69, 9.17) is 15.2 Å². The lowest BCUT2D eigenvalue weighted by atomic mass is 10.0. The number of rotatable bonds is 5. The second-order valence-electron chi connectivity index (χ2n) is 3.93. The molecule has 0 spiro atoms. The van der Waals surface area contributed by atoms with Gasteiger partial charge < -0.3 is 15.2 Å². The maximum atomic E-state index is 5.75. The number of fused-ring (bicyclic) bond motifs is 1. The Morgan fingerprint density at radius 1 is 1.53 bits per heavy atom. The van der Waals surface area contributed by atoms with Gasteiger partial charge in [-0.1, -0.05) is 6.92 Å². The van der Waals surface area contributed by atoms with Gasteiger partial charge in [-0.3, -0.25) is 0 Å². The molecule has 0 fully saturated rings. The van der Waals surface area contributed by atoms with Crippen molar-refractivity contribution >= 4 is 11.8 Å². The minimum atomic E-state index is 0.642. The van der Waals surface area contributed by atoms with E-state index < -0.39 is 0 Å². The molecule has 0 saturated carbocycles. The van der Waals surface area contributed by atoms with Crippen molar-refractivity contribution in [1.82, 2.24) is 0 Å². The highest BCUT2D eigenvalue weighted by Crippen LogP contribution is 2.42. The van der Waals surface area contributed by atoms with Crippen LogP contribution >= 0.6 is 11.8 Å². The monoisotopic (exact) mass is 253 g/mol. The average Bonchev–Trinajstić information content (AvgIpc) is 2.81. The zero-order valence-electron chi connectivity index (χ0n) is 10.4. The molecule has 0 aromatic heterocycles. The molecule has 1 aliphatic heterocycles. The molecule has 1 aliphatic rings. The molecule has 0 radical (unpaired) electrons. The second kappa shape index (κ2) is 5.65. The Balaban J connectivity index is 2.49. The van der Waals surface area contributed by atoms with Crippen LogP contribution in [0.15, 0.2) is 11.0 Å². The van der Waals surface area contributed by atoms with Crippen LogP contribution < -0.4 is 15.2 Å². The fourth-order valence-electron chi connectivity index (χ4n) is 2.25. The van der Waals surface area contributed by atoms with E-state index in [1.165, 1.54) is 16.0 Å². The summed E-state index contributed by atoms with van der Waals surface area (Å²) >= 11 is 1.80. The number of hydrogen-bond donors (Lipinski definition) is 1. The van der Waals surface area contributed by atoms with Gasteiger partial charge in [0.25, 0.3) is 0 Å². The molecule has 0 aliphatic carbocycles. The highest BCUT2D eigenvalue weighted by molar-refractivity contribution is 7.99. The van der Waals surface area contributed by atoms with E-state index in [1.54, 1.807) is 18.9 Å². The second-order valence-corrected chi connectivity index (χ2v) is 5.24. The van der Waals surface area contributed by atoms with Crippen molar-refractivity contribution in [2.75, 3.05) is 26.0 Å². The molecule has 0 unspecified atom stereocenters. The molecular formula is C13H19NO2S. The molecule has 0 saturated heterocycles. The highest BCUT2D eigenvalue weighted by Gasteiger charge is 2.23. The fraction of sp³-hybridized carbons (Fsp3) is 0.538. The lowest BCUT2D eigenvalue weighted by molar-refractivity contribution is 0.349. The van der Waals surface area contributed by atoms with Crippen molar-refractivity contribution < 1.29 is 9.47 Å². The van der Waals surface area contributed by atoms with Crippen molar-refractivity contribution in [1.29, 1.82) is 0 Å². The predicted octanol–water partition coefficient (Wildman–Crippen LogP) is 2.24. The Morgan fingerprint density at radius 3 is 3.00 bits per heavy atom. The quantitative estimate of drug-likeness (QED) is 0.817. The standard InChI is InChI=1S/C13H19NO2S/c1-3-17-12-8-11(15-2)9(4-6-14)10-5-7-16-13(10)12/h8H,3-7,14H2,1-2H3. The third kappa shape index (κ3) is 2.38. The largest absolute Gasteiger partial charge is 0.496 e. The molecule has 1 aromatic rings. The third-order valence-corrected chi connectivity index (χ3v) is 3.84. The fourth-order valence-corrected chi connectivity index (χ4v) is 3.06. The molecule has 0 bridgehead atoms. The molecular weight excluding hydrogens is 234 g/mol. The van der Waals surface area contributed by atoms with Gasteiger partial charge in [-0.25, -0.2) is 0 Å². The maximum Gasteiger partial charge on any atom is 0.136 e. The minimum absolute atomic E-state index is 0.642. The van der Waals surface area contributed by atoms with Crippen LogP contribution in [0.4, 0.5) is 0 Å². The molecule has 1 aromatic carbocycles. The van der Waals surface area contributed by atoms with E-state index in [2.05, 4.69) is 13.0 Å². The first kappa shape index (κ1) is 12.6. The molecule has 3 nitrogen and oxygen atoms in total. The average molecular weight is 253 g/mol. The highest BCUT2D eigenvalue weighted by atomic mass is 32.2. The van der Waals surface area contributed by atoms with Gasteiger partial charge in [-0.15, -0.1) is 11.8 Å². The van der Waals surface area contributed by atoms with Crippen LogP contribution in [0.3, 0.4) is 0 Å². The third-order valence-electron chi connectivity index (χ3n) is 2.93. The SMILES string of the molecule is CCSc1cc(OC)c(CCN)c2c1OCC2. The first-order valence-electron chi connectivity index (χ1n) is 6.00. The summed E-state index contributed by atoms with van der Waals surface area (Å²) in [5, 5.41) is 0. The summed E-state index contributed by atoms with van der Waals surface area (Å²) in [6.07, 6.45) is 1.82. The summed E-state index contributed by atoms with van der Waals surface area (Å²) in [4.78, 5) is 1.19. The van der Waals surface area contributed by atoms with Crippen molar-refractivity contribution in [3.05, 3.63) is 17.2 Å². The number of nitrogens with two attached hydrogens (primary N) is 1. The van der Waals surface area contributed by atoms with E-state index in [1.807, 2.05) is 0 Å². The van der Waals surface area contributed by atoms with Crippen LogP contribution in [0, 0.1) is 0 Å².